The zero-order chi connectivity index (χ0) is 14.8. The molecule has 3 nitrogen and oxygen atoms in total. The fourth-order valence-corrected chi connectivity index (χ4v) is 2.51. The van der Waals surface area contributed by atoms with Crippen molar-refractivity contribution in [2.75, 3.05) is 20.7 Å². The van der Waals surface area contributed by atoms with Gasteiger partial charge in [-0.05, 0) is 31.2 Å². The number of benzene rings is 1. The van der Waals surface area contributed by atoms with Crippen molar-refractivity contribution in [3.05, 3.63) is 29.8 Å². The minimum atomic E-state index is 0.470. The molecule has 2 N–H and O–H groups in total. The standard InChI is InChI=1S/C17H30N2O/c1-4-5-6-7-10-16(13-18)19(2)14-15-9-8-11-17(12-15)20-3/h8-9,11-12,16H,4-7,10,13-14,18H2,1-3H3. The third-order valence-electron chi connectivity index (χ3n) is 3.85. The van der Waals surface area contributed by atoms with Gasteiger partial charge in [0.2, 0.25) is 0 Å². The van der Waals surface area contributed by atoms with E-state index in [1.807, 2.05) is 12.1 Å². The first-order chi connectivity index (χ1) is 9.71. The van der Waals surface area contributed by atoms with Crippen LogP contribution in [0.15, 0.2) is 24.3 Å². The van der Waals surface area contributed by atoms with Crippen molar-refractivity contribution in [3.8, 4) is 5.75 Å². The molecule has 0 heterocycles. The predicted octanol–water partition coefficient (Wildman–Crippen LogP) is 3.42. The maximum absolute atomic E-state index is 5.93. The molecular weight excluding hydrogens is 248 g/mol. The van der Waals surface area contributed by atoms with Crippen LogP contribution in [0.25, 0.3) is 0 Å². The normalized spacial score (nSPS) is 12.7. The van der Waals surface area contributed by atoms with Crippen LogP contribution in [-0.2, 0) is 6.54 Å². The van der Waals surface area contributed by atoms with Crippen LogP contribution < -0.4 is 10.5 Å². The van der Waals surface area contributed by atoms with Crippen molar-refractivity contribution in [1.82, 2.24) is 4.90 Å². The molecule has 20 heavy (non-hydrogen) atoms. The van der Waals surface area contributed by atoms with Crippen LogP contribution >= 0.6 is 0 Å². The van der Waals surface area contributed by atoms with Crippen molar-refractivity contribution in [2.45, 2.75) is 51.6 Å². The SMILES string of the molecule is CCCCCCC(CN)N(C)Cc1cccc(OC)c1. The summed E-state index contributed by atoms with van der Waals surface area (Å²) in [7, 11) is 3.87. The Morgan fingerprint density at radius 3 is 2.70 bits per heavy atom. The summed E-state index contributed by atoms with van der Waals surface area (Å²) in [5, 5.41) is 0. The Morgan fingerprint density at radius 1 is 1.25 bits per heavy atom. The van der Waals surface area contributed by atoms with E-state index in [1.165, 1.54) is 37.7 Å². The fourth-order valence-electron chi connectivity index (χ4n) is 2.51. The Labute approximate surface area is 124 Å². The molecule has 1 unspecified atom stereocenters. The first-order valence-corrected chi connectivity index (χ1v) is 7.74. The molecule has 1 aromatic carbocycles. The molecule has 0 amide bonds. The molecule has 1 rings (SSSR count). The Balaban J connectivity index is 2.46. The largest absolute Gasteiger partial charge is 0.497 e. The summed E-state index contributed by atoms with van der Waals surface area (Å²) in [5.74, 6) is 0.920. The summed E-state index contributed by atoms with van der Waals surface area (Å²) in [6, 6.07) is 8.73. The molecule has 1 atom stereocenters. The lowest BCUT2D eigenvalue weighted by atomic mass is 10.1. The van der Waals surface area contributed by atoms with Crippen LogP contribution in [0.5, 0.6) is 5.75 Å². The Hall–Kier alpha value is -1.06. The zero-order valence-electron chi connectivity index (χ0n) is 13.3. The molecular formula is C17H30N2O. The molecule has 0 saturated carbocycles. The summed E-state index contributed by atoms with van der Waals surface area (Å²) in [4.78, 5) is 2.36. The van der Waals surface area contributed by atoms with Gasteiger partial charge in [-0.3, -0.25) is 4.90 Å². The monoisotopic (exact) mass is 278 g/mol. The molecule has 0 bridgehead atoms. The van der Waals surface area contributed by atoms with Gasteiger partial charge in [-0.1, -0.05) is 44.7 Å². The number of methoxy groups -OCH3 is 1. The quantitative estimate of drug-likeness (QED) is 0.666. The number of ether oxygens (including phenoxy) is 1. The maximum Gasteiger partial charge on any atom is 0.119 e. The fraction of sp³-hybridized carbons (Fsp3) is 0.647. The van der Waals surface area contributed by atoms with Crippen LogP contribution in [0, 0.1) is 0 Å². The molecule has 0 saturated heterocycles. The average molecular weight is 278 g/mol. The number of likely N-dealkylation sites (N-methyl/N-ethyl adjacent to an activating group) is 1. The Morgan fingerprint density at radius 2 is 2.05 bits per heavy atom. The molecule has 1 aromatic rings. The Bertz CT molecular complexity index is 368. The summed E-state index contributed by atoms with van der Waals surface area (Å²) < 4.78 is 5.27. The number of hydrogen-bond acceptors (Lipinski definition) is 3. The second kappa shape index (κ2) is 9.78. The van der Waals surface area contributed by atoms with Crippen LogP contribution in [0.3, 0.4) is 0 Å². The van der Waals surface area contributed by atoms with E-state index < -0.39 is 0 Å². The third-order valence-corrected chi connectivity index (χ3v) is 3.85. The van der Waals surface area contributed by atoms with Gasteiger partial charge in [-0.15, -0.1) is 0 Å². The van der Waals surface area contributed by atoms with E-state index in [0.29, 0.717) is 6.04 Å². The van der Waals surface area contributed by atoms with Crippen LogP contribution in [0.4, 0.5) is 0 Å². The predicted molar refractivity (Wildman–Crippen MR) is 86.1 cm³/mol. The number of nitrogens with two attached hydrogens (primary N) is 1. The first kappa shape index (κ1) is 17.0. The van der Waals surface area contributed by atoms with Crippen molar-refractivity contribution >= 4 is 0 Å². The molecule has 114 valence electrons. The van der Waals surface area contributed by atoms with Crippen LogP contribution in [0.1, 0.15) is 44.6 Å². The summed E-state index contributed by atoms with van der Waals surface area (Å²) in [6.45, 7) is 3.90. The minimum Gasteiger partial charge on any atom is -0.497 e. The number of rotatable bonds is 10. The van der Waals surface area contributed by atoms with E-state index in [2.05, 4.69) is 31.0 Å². The highest BCUT2D eigenvalue weighted by Crippen LogP contribution is 2.16. The van der Waals surface area contributed by atoms with Gasteiger partial charge in [0.1, 0.15) is 5.75 Å². The number of nitrogens with zero attached hydrogens (tertiary/aromatic N) is 1. The molecule has 3 heteroatoms. The summed E-state index contributed by atoms with van der Waals surface area (Å²) in [6.07, 6.45) is 6.40. The van der Waals surface area contributed by atoms with Gasteiger partial charge in [0.25, 0.3) is 0 Å². The smallest absolute Gasteiger partial charge is 0.119 e. The maximum atomic E-state index is 5.93. The minimum absolute atomic E-state index is 0.470. The molecule has 0 aliphatic heterocycles. The van der Waals surface area contributed by atoms with E-state index in [1.54, 1.807) is 7.11 Å². The third kappa shape index (κ3) is 5.93. The van der Waals surface area contributed by atoms with E-state index in [0.717, 1.165) is 18.8 Å². The van der Waals surface area contributed by atoms with Gasteiger partial charge in [0, 0.05) is 19.1 Å². The van der Waals surface area contributed by atoms with Gasteiger partial charge in [-0.2, -0.15) is 0 Å². The van der Waals surface area contributed by atoms with Crippen molar-refractivity contribution < 1.29 is 4.74 Å². The second-order valence-electron chi connectivity index (χ2n) is 5.51. The highest BCUT2D eigenvalue weighted by Gasteiger charge is 2.13. The lowest BCUT2D eigenvalue weighted by Gasteiger charge is -2.27. The topological polar surface area (TPSA) is 38.5 Å². The van der Waals surface area contributed by atoms with E-state index in [-0.39, 0.29) is 0 Å². The van der Waals surface area contributed by atoms with Crippen LogP contribution in [-0.4, -0.2) is 31.6 Å². The number of unbranched alkanes of at least 4 members (excludes halogenated alkanes) is 3. The van der Waals surface area contributed by atoms with Crippen molar-refractivity contribution in [1.29, 1.82) is 0 Å². The highest BCUT2D eigenvalue weighted by molar-refractivity contribution is 5.28. The van der Waals surface area contributed by atoms with Crippen molar-refractivity contribution in [2.24, 2.45) is 5.73 Å². The lowest BCUT2D eigenvalue weighted by Crippen LogP contribution is -2.37. The first-order valence-electron chi connectivity index (χ1n) is 7.74. The molecule has 0 aliphatic carbocycles. The molecule has 0 spiro atoms. The molecule has 0 radical (unpaired) electrons. The Kier molecular flexibility index (Phi) is 8.31. The van der Waals surface area contributed by atoms with E-state index in [9.17, 15) is 0 Å². The van der Waals surface area contributed by atoms with Gasteiger partial charge in [0.15, 0.2) is 0 Å². The summed E-state index contributed by atoms with van der Waals surface area (Å²) >= 11 is 0. The van der Waals surface area contributed by atoms with E-state index in [4.69, 9.17) is 10.5 Å². The number of hydrogen-bond donors (Lipinski definition) is 1. The molecule has 0 fully saturated rings. The highest BCUT2D eigenvalue weighted by atomic mass is 16.5. The second-order valence-corrected chi connectivity index (χ2v) is 5.51. The van der Waals surface area contributed by atoms with Gasteiger partial charge >= 0.3 is 0 Å². The molecule has 0 aromatic heterocycles. The molecule has 0 aliphatic rings. The summed E-state index contributed by atoms with van der Waals surface area (Å²) in [5.41, 5.74) is 7.21. The van der Waals surface area contributed by atoms with Crippen LogP contribution in [0.2, 0.25) is 0 Å². The van der Waals surface area contributed by atoms with Gasteiger partial charge in [-0.25, -0.2) is 0 Å². The van der Waals surface area contributed by atoms with E-state index >= 15 is 0 Å². The lowest BCUT2D eigenvalue weighted by molar-refractivity contribution is 0.222. The van der Waals surface area contributed by atoms with Gasteiger partial charge in [0.05, 0.1) is 7.11 Å². The van der Waals surface area contributed by atoms with Crippen molar-refractivity contribution in [3.63, 3.8) is 0 Å². The van der Waals surface area contributed by atoms with Gasteiger partial charge < -0.3 is 10.5 Å². The zero-order valence-corrected chi connectivity index (χ0v) is 13.3. The average Bonchev–Trinajstić information content (AvgIpc) is 2.47.